The maximum Gasteiger partial charge on any atom is 0.254 e. The molecular formula is C16H19N5O. The van der Waals surface area contributed by atoms with Crippen molar-refractivity contribution in [2.45, 2.75) is 0 Å². The lowest BCUT2D eigenvalue weighted by Gasteiger charge is -2.32. The number of piperazine rings is 1. The summed E-state index contributed by atoms with van der Waals surface area (Å²) in [7, 11) is 2.08. The zero-order valence-electron chi connectivity index (χ0n) is 12.6. The highest BCUT2D eigenvalue weighted by Crippen LogP contribution is 2.17. The molecule has 0 saturated carbocycles. The van der Waals surface area contributed by atoms with Crippen molar-refractivity contribution in [2.75, 3.05) is 38.5 Å². The molecule has 0 bridgehead atoms. The molecule has 1 aliphatic rings. The molecule has 6 nitrogen and oxygen atoms in total. The van der Waals surface area contributed by atoms with E-state index in [9.17, 15) is 4.79 Å². The summed E-state index contributed by atoms with van der Waals surface area (Å²) in [6.07, 6.45) is 4.90. The second-order valence-electron chi connectivity index (χ2n) is 5.39. The van der Waals surface area contributed by atoms with Crippen LogP contribution in [0.5, 0.6) is 0 Å². The number of carbonyl (C=O) groups excluding carboxylic acids is 1. The Morgan fingerprint density at radius 1 is 1.18 bits per heavy atom. The molecule has 1 fully saturated rings. The summed E-state index contributed by atoms with van der Waals surface area (Å²) in [5.74, 6) is 0.739. The maximum absolute atomic E-state index is 12.6. The van der Waals surface area contributed by atoms with E-state index in [0.29, 0.717) is 11.4 Å². The van der Waals surface area contributed by atoms with E-state index in [4.69, 9.17) is 0 Å². The Bertz CT molecular complexity index is 638. The third-order valence-corrected chi connectivity index (χ3v) is 3.74. The van der Waals surface area contributed by atoms with Crippen molar-refractivity contribution in [3.63, 3.8) is 0 Å². The van der Waals surface area contributed by atoms with Gasteiger partial charge in [0.25, 0.3) is 5.91 Å². The van der Waals surface area contributed by atoms with Gasteiger partial charge in [-0.3, -0.25) is 9.78 Å². The monoisotopic (exact) mass is 297 g/mol. The molecular weight excluding hydrogens is 278 g/mol. The predicted octanol–water partition coefficient (Wildman–Crippen LogP) is 1.61. The third kappa shape index (κ3) is 3.40. The quantitative estimate of drug-likeness (QED) is 0.932. The minimum Gasteiger partial charge on any atom is -0.339 e. The van der Waals surface area contributed by atoms with Crippen LogP contribution in [0, 0.1) is 0 Å². The van der Waals surface area contributed by atoms with Crippen LogP contribution in [-0.2, 0) is 0 Å². The zero-order chi connectivity index (χ0) is 15.4. The number of aromatic nitrogens is 2. The van der Waals surface area contributed by atoms with E-state index in [1.807, 2.05) is 29.2 Å². The van der Waals surface area contributed by atoms with Gasteiger partial charge in [0.05, 0.1) is 6.20 Å². The Balaban J connectivity index is 1.72. The fourth-order valence-electron chi connectivity index (χ4n) is 2.43. The summed E-state index contributed by atoms with van der Waals surface area (Å²) in [5.41, 5.74) is 1.53. The molecule has 2 heterocycles. The Labute approximate surface area is 129 Å². The van der Waals surface area contributed by atoms with Gasteiger partial charge in [-0.05, 0) is 25.2 Å². The topological polar surface area (TPSA) is 61.4 Å². The first-order valence-corrected chi connectivity index (χ1v) is 7.33. The van der Waals surface area contributed by atoms with E-state index in [-0.39, 0.29) is 5.91 Å². The Hall–Kier alpha value is -2.47. The van der Waals surface area contributed by atoms with Gasteiger partial charge >= 0.3 is 0 Å². The van der Waals surface area contributed by atoms with Gasteiger partial charge < -0.3 is 15.1 Å². The molecule has 1 aliphatic heterocycles. The van der Waals surface area contributed by atoms with Gasteiger partial charge in [0.15, 0.2) is 0 Å². The first-order chi connectivity index (χ1) is 10.7. The number of benzene rings is 1. The van der Waals surface area contributed by atoms with Crippen LogP contribution >= 0.6 is 0 Å². The third-order valence-electron chi connectivity index (χ3n) is 3.74. The largest absolute Gasteiger partial charge is 0.339 e. The molecule has 2 aromatic rings. The van der Waals surface area contributed by atoms with Crippen molar-refractivity contribution in [2.24, 2.45) is 0 Å². The van der Waals surface area contributed by atoms with Crippen molar-refractivity contribution in [3.8, 4) is 0 Å². The van der Waals surface area contributed by atoms with Crippen LogP contribution in [0.15, 0.2) is 42.9 Å². The van der Waals surface area contributed by atoms with Crippen molar-refractivity contribution >= 4 is 17.4 Å². The Kier molecular flexibility index (Phi) is 4.29. The van der Waals surface area contributed by atoms with Gasteiger partial charge in [-0.15, -0.1) is 0 Å². The Morgan fingerprint density at radius 3 is 2.73 bits per heavy atom. The molecule has 0 unspecified atom stereocenters. The van der Waals surface area contributed by atoms with Gasteiger partial charge in [-0.2, -0.15) is 0 Å². The number of nitrogens with zero attached hydrogens (tertiary/aromatic N) is 4. The molecule has 114 valence electrons. The number of hydrogen-bond donors (Lipinski definition) is 1. The fraction of sp³-hybridized carbons (Fsp3) is 0.312. The highest BCUT2D eigenvalue weighted by molar-refractivity contribution is 5.95. The van der Waals surface area contributed by atoms with E-state index in [2.05, 4.69) is 27.2 Å². The lowest BCUT2D eigenvalue weighted by molar-refractivity contribution is 0.0664. The van der Waals surface area contributed by atoms with Gasteiger partial charge in [-0.1, -0.05) is 6.07 Å². The molecule has 0 aliphatic carbocycles. The second-order valence-corrected chi connectivity index (χ2v) is 5.39. The summed E-state index contributed by atoms with van der Waals surface area (Å²) in [4.78, 5) is 24.9. The van der Waals surface area contributed by atoms with Gasteiger partial charge in [0.1, 0.15) is 5.82 Å². The molecule has 1 aromatic heterocycles. The number of hydrogen-bond acceptors (Lipinski definition) is 5. The van der Waals surface area contributed by atoms with Crippen LogP contribution in [0.3, 0.4) is 0 Å². The van der Waals surface area contributed by atoms with E-state index < -0.39 is 0 Å². The molecule has 6 heteroatoms. The molecule has 1 saturated heterocycles. The fourth-order valence-corrected chi connectivity index (χ4v) is 2.43. The molecule has 3 rings (SSSR count). The predicted molar refractivity (Wildman–Crippen MR) is 85.2 cm³/mol. The maximum atomic E-state index is 12.6. The molecule has 1 amide bonds. The first-order valence-electron chi connectivity index (χ1n) is 7.33. The SMILES string of the molecule is CN1CCN(C(=O)c2cccc(Nc3cnccn3)c2)CC1. The van der Waals surface area contributed by atoms with Crippen LogP contribution < -0.4 is 5.32 Å². The average Bonchev–Trinajstić information content (AvgIpc) is 2.56. The minimum atomic E-state index is 0.0795. The van der Waals surface area contributed by atoms with Crippen LogP contribution in [0.4, 0.5) is 11.5 Å². The van der Waals surface area contributed by atoms with Crippen molar-refractivity contribution in [1.82, 2.24) is 19.8 Å². The van der Waals surface area contributed by atoms with E-state index in [1.165, 1.54) is 0 Å². The number of amides is 1. The van der Waals surface area contributed by atoms with Crippen LogP contribution in [0.1, 0.15) is 10.4 Å². The highest BCUT2D eigenvalue weighted by Gasteiger charge is 2.20. The van der Waals surface area contributed by atoms with E-state index in [1.54, 1.807) is 18.6 Å². The standard InChI is InChI=1S/C16H19N5O/c1-20-7-9-21(10-8-20)16(22)13-3-2-4-14(11-13)19-15-12-17-5-6-18-15/h2-6,11-12H,7-10H2,1H3,(H,18,19). The van der Waals surface area contributed by atoms with Gasteiger partial charge in [0, 0.05) is 49.8 Å². The molecule has 0 spiro atoms. The van der Waals surface area contributed by atoms with Crippen LogP contribution in [0.2, 0.25) is 0 Å². The average molecular weight is 297 g/mol. The summed E-state index contributed by atoms with van der Waals surface area (Å²) in [6, 6.07) is 7.50. The van der Waals surface area contributed by atoms with Gasteiger partial charge in [-0.25, -0.2) is 4.98 Å². The minimum absolute atomic E-state index is 0.0795. The summed E-state index contributed by atoms with van der Waals surface area (Å²) >= 11 is 0. The smallest absolute Gasteiger partial charge is 0.254 e. The van der Waals surface area contributed by atoms with Crippen LogP contribution in [0.25, 0.3) is 0 Å². The molecule has 22 heavy (non-hydrogen) atoms. The lowest BCUT2D eigenvalue weighted by Crippen LogP contribution is -2.47. The van der Waals surface area contributed by atoms with Gasteiger partial charge in [0.2, 0.25) is 0 Å². The van der Waals surface area contributed by atoms with Crippen molar-refractivity contribution in [1.29, 1.82) is 0 Å². The first kappa shape index (κ1) is 14.5. The molecule has 0 radical (unpaired) electrons. The highest BCUT2D eigenvalue weighted by atomic mass is 16.2. The number of likely N-dealkylation sites (N-methyl/N-ethyl adjacent to an activating group) is 1. The lowest BCUT2D eigenvalue weighted by atomic mass is 10.1. The van der Waals surface area contributed by atoms with Crippen molar-refractivity contribution in [3.05, 3.63) is 48.4 Å². The molecule has 1 N–H and O–H groups in total. The number of carbonyl (C=O) groups is 1. The summed E-state index contributed by atoms with van der Waals surface area (Å²) in [5, 5.41) is 3.16. The normalized spacial score (nSPS) is 15.6. The second kappa shape index (κ2) is 6.53. The van der Waals surface area contributed by atoms with Crippen LogP contribution in [-0.4, -0.2) is 58.9 Å². The molecule has 0 atom stereocenters. The molecule has 1 aromatic carbocycles. The number of nitrogens with one attached hydrogen (secondary N) is 1. The van der Waals surface area contributed by atoms with E-state index in [0.717, 1.165) is 31.9 Å². The summed E-state index contributed by atoms with van der Waals surface area (Å²) < 4.78 is 0. The summed E-state index contributed by atoms with van der Waals surface area (Å²) in [6.45, 7) is 3.39. The zero-order valence-corrected chi connectivity index (χ0v) is 12.6. The Morgan fingerprint density at radius 2 is 2.00 bits per heavy atom. The van der Waals surface area contributed by atoms with E-state index >= 15 is 0 Å². The van der Waals surface area contributed by atoms with Crippen molar-refractivity contribution < 1.29 is 4.79 Å². The number of rotatable bonds is 3. The number of anilines is 2.